The topological polar surface area (TPSA) is 101 Å². The zero-order valence-corrected chi connectivity index (χ0v) is 18.7. The molecule has 2 N–H and O–H groups in total. The second-order valence-corrected chi connectivity index (χ2v) is 8.76. The SMILES string of the molecule is Cc1nc(C(C)(C)C(=O)NCc2cc(Cl)c(C3CCC(=O)NC3=O)c(Cl)c2)oc1C. The summed E-state index contributed by atoms with van der Waals surface area (Å²) in [7, 11) is 0. The molecule has 0 bridgehead atoms. The van der Waals surface area contributed by atoms with Crippen LogP contribution in [0.2, 0.25) is 10.0 Å². The number of piperidine rings is 1. The zero-order valence-electron chi connectivity index (χ0n) is 17.2. The van der Waals surface area contributed by atoms with Gasteiger partial charge in [-0.15, -0.1) is 0 Å². The number of amides is 3. The van der Waals surface area contributed by atoms with Gasteiger partial charge in [-0.1, -0.05) is 23.2 Å². The number of hydrogen-bond acceptors (Lipinski definition) is 5. The minimum Gasteiger partial charge on any atom is -0.445 e. The van der Waals surface area contributed by atoms with Crippen molar-refractivity contribution >= 4 is 40.9 Å². The number of nitrogens with zero attached hydrogens (tertiary/aromatic N) is 1. The van der Waals surface area contributed by atoms with Gasteiger partial charge in [-0.05, 0) is 51.8 Å². The van der Waals surface area contributed by atoms with Crippen LogP contribution < -0.4 is 10.6 Å². The molecular weight excluding hydrogens is 429 g/mol. The van der Waals surface area contributed by atoms with E-state index in [0.29, 0.717) is 39.2 Å². The Morgan fingerprint density at radius 1 is 1.27 bits per heavy atom. The molecule has 3 amide bonds. The summed E-state index contributed by atoms with van der Waals surface area (Å²) in [5.41, 5.74) is 0.960. The number of halogens is 2. The van der Waals surface area contributed by atoms with Gasteiger partial charge in [0.25, 0.3) is 0 Å². The summed E-state index contributed by atoms with van der Waals surface area (Å²) in [4.78, 5) is 40.6. The second-order valence-electron chi connectivity index (χ2n) is 7.95. The first-order valence-corrected chi connectivity index (χ1v) is 10.3. The Morgan fingerprint density at radius 2 is 1.90 bits per heavy atom. The van der Waals surface area contributed by atoms with Gasteiger partial charge in [-0.3, -0.25) is 19.7 Å². The standard InChI is InChI=1S/C21H23Cl2N3O4/c1-10-11(2)30-20(25-10)21(3,4)19(29)24-9-12-7-14(22)17(15(23)8-12)13-5-6-16(27)26-18(13)28/h7-8,13H,5-6,9H2,1-4H3,(H,24,29)(H,26,27,28). The van der Waals surface area contributed by atoms with Gasteiger partial charge >= 0.3 is 0 Å². The monoisotopic (exact) mass is 451 g/mol. The summed E-state index contributed by atoms with van der Waals surface area (Å²) in [6.07, 6.45) is 0.582. The van der Waals surface area contributed by atoms with Crippen molar-refractivity contribution in [2.75, 3.05) is 0 Å². The van der Waals surface area contributed by atoms with Gasteiger partial charge in [-0.25, -0.2) is 4.98 Å². The van der Waals surface area contributed by atoms with E-state index in [-0.39, 0.29) is 24.8 Å². The number of nitrogens with one attached hydrogen (secondary N) is 2. The predicted molar refractivity (Wildman–Crippen MR) is 112 cm³/mol. The lowest BCUT2D eigenvalue weighted by Crippen LogP contribution is -2.40. The normalized spacial score (nSPS) is 17.1. The van der Waals surface area contributed by atoms with Crippen LogP contribution in [-0.2, 0) is 26.3 Å². The average molecular weight is 452 g/mol. The maximum Gasteiger partial charge on any atom is 0.235 e. The van der Waals surface area contributed by atoms with Crippen molar-refractivity contribution in [3.05, 3.63) is 50.6 Å². The van der Waals surface area contributed by atoms with E-state index in [2.05, 4.69) is 15.6 Å². The molecule has 0 spiro atoms. The highest BCUT2D eigenvalue weighted by Crippen LogP contribution is 2.37. The molecule has 30 heavy (non-hydrogen) atoms. The summed E-state index contributed by atoms with van der Waals surface area (Å²) < 4.78 is 5.62. The molecule has 1 fully saturated rings. The molecule has 1 aliphatic heterocycles. The van der Waals surface area contributed by atoms with Crippen LogP contribution in [0.4, 0.5) is 0 Å². The second kappa shape index (κ2) is 8.40. The Labute approximate surface area is 184 Å². The van der Waals surface area contributed by atoms with Crippen LogP contribution >= 0.6 is 23.2 Å². The number of rotatable bonds is 5. The summed E-state index contributed by atoms with van der Waals surface area (Å²) in [6, 6.07) is 3.33. The molecule has 0 aliphatic carbocycles. The molecule has 2 aromatic rings. The highest BCUT2D eigenvalue weighted by Gasteiger charge is 2.35. The van der Waals surface area contributed by atoms with E-state index < -0.39 is 17.2 Å². The molecule has 1 atom stereocenters. The Bertz CT molecular complexity index is 987. The molecule has 1 aromatic heterocycles. The molecule has 1 aliphatic rings. The quantitative estimate of drug-likeness (QED) is 0.674. The Hall–Kier alpha value is -2.38. The summed E-state index contributed by atoms with van der Waals surface area (Å²) in [5, 5.41) is 5.80. The van der Waals surface area contributed by atoms with E-state index in [1.165, 1.54) is 0 Å². The number of imide groups is 1. The molecule has 1 saturated heterocycles. The number of carbonyl (C=O) groups is 3. The third-order valence-electron chi connectivity index (χ3n) is 5.31. The molecule has 160 valence electrons. The van der Waals surface area contributed by atoms with Crippen molar-refractivity contribution in [3.8, 4) is 0 Å². The number of hydrogen-bond donors (Lipinski definition) is 2. The van der Waals surface area contributed by atoms with Gasteiger partial charge < -0.3 is 9.73 Å². The van der Waals surface area contributed by atoms with Gasteiger partial charge in [0, 0.05) is 28.6 Å². The van der Waals surface area contributed by atoms with Gasteiger partial charge in [0.2, 0.25) is 23.6 Å². The van der Waals surface area contributed by atoms with Crippen molar-refractivity contribution in [1.29, 1.82) is 0 Å². The molecule has 7 nitrogen and oxygen atoms in total. The Kier molecular flexibility index (Phi) is 6.24. The van der Waals surface area contributed by atoms with Crippen LogP contribution in [-0.4, -0.2) is 22.7 Å². The van der Waals surface area contributed by atoms with Crippen LogP contribution in [0, 0.1) is 13.8 Å². The molecule has 9 heteroatoms. The Balaban J connectivity index is 1.74. The summed E-state index contributed by atoms with van der Waals surface area (Å²) >= 11 is 12.8. The zero-order chi connectivity index (χ0) is 22.2. The first kappa shape index (κ1) is 22.3. The lowest BCUT2D eigenvalue weighted by Gasteiger charge is -2.24. The van der Waals surface area contributed by atoms with Gasteiger partial charge in [-0.2, -0.15) is 0 Å². The number of benzene rings is 1. The van der Waals surface area contributed by atoms with E-state index in [4.69, 9.17) is 27.6 Å². The summed E-state index contributed by atoms with van der Waals surface area (Å²) in [6.45, 7) is 7.28. The smallest absolute Gasteiger partial charge is 0.235 e. The molecule has 2 heterocycles. The van der Waals surface area contributed by atoms with Crippen LogP contribution in [0.5, 0.6) is 0 Å². The van der Waals surface area contributed by atoms with E-state index >= 15 is 0 Å². The molecular formula is C21H23Cl2N3O4. The molecule has 0 saturated carbocycles. The maximum atomic E-state index is 12.8. The van der Waals surface area contributed by atoms with E-state index in [1.54, 1.807) is 32.9 Å². The van der Waals surface area contributed by atoms with E-state index in [0.717, 1.165) is 5.69 Å². The van der Waals surface area contributed by atoms with Crippen LogP contribution in [0.25, 0.3) is 0 Å². The fourth-order valence-corrected chi connectivity index (χ4v) is 4.08. The lowest BCUT2D eigenvalue weighted by atomic mass is 9.89. The third-order valence-corrected chi connectivity index (χ3v) is 5.94. The molecule has 3 rings (SSSR count). The van der Waals surface area contributed by atoms with Gasteiger partial charge in [0.1, 0.15) is 11.2 Å². The van der Waals surface area contributed by atoms with Gasteiger partial charge in [0.05, 0.1) is 11.6 Å². The predicted octanol–water partition coefficient (Wildman–Crippen LogP) is 3.71. The van der Waals surface area contributed by atoms with Crippen LogP contribution in [0.1, 0.15) is 61.1 Å². The van der Waals surface area contributed by atoms with Crippen LogP contribution in [0.3, 0.4) is 0 Å². The molecule has 1 aromatic carbocycles. The minimum atomic E-state index is -0.959. The Morgan fingerprint density at radius 3 is 2.43 bits per heavy atom. The number of carbonyl (C=O) groups excluding carboxylic acids is 3. The van der Waals surface area contributed by atoms with Crippen molar-refractivity contribution in [2.45, 2.75) is 58.4 Å². The third kappa shape index (κ3) is 4.37. The fraction of sp³-hybridized carbons (Fsp3) is 0.429. The summed E-state index contributed by atoms with van der Waals surface area (Å²) in [5.74, 6) is -0.531. The average Bonchev–Trinajstić information content (AvgIpc) is 3.00. The first-order chi connectivity index (χ1) is 14.0. The van der Waals surface area contributed by atoms with E-state index in [9.17, 15) is 14.4 Å². The van der Waals surface area contributed by atoms with Crippen LogP contribution in [0.15, 0.2) is 16.5 Å². The number of oxazole rings is 1. The van der Waals surface area contributed by atoms with Crippen molar-refractivity contribution < 1.29 is 18.8 Å². The lowest BCUT2D eigenvalue weighted by molar-refractivity contribution is -0.134. The van der Waals surface area contributed by atoms with Gasteiger partial charge in [0.15, 0.2) is 0 Å². The van der Waals surface area contributed by atoms with Crippen molar-refractivity contribution in [2.24, 2.45) is 0 Å². The fourth-order valence-electron chi connectivity index (χ4n) is 3.28. The van der Waals surface area contributed by atoms with Crippen molar-refractivity contribution in [1.82, 2.24) is 15.6 Å². The molecule has 1 unspecified atom stereocenters. The minimum absolute atomic E-state index is 0.190. The van der Waals surface area contributed by atoms with E-state index in [1.807, 2.05) is 6.92 Å². The highest BCUT2D eigenvalue weighted by molar-refractivity contribution is 6.36. The molecule has 0 radical (unpaired) electrons. The first-order valence-electron chi connectivity index (χ1n) is 9.55. The number of aromatic nitrogens is 1. The highest BCUT2D eigenvalue weighted by atomic mass is 35.5. The number of aryl methyl sites for hydroxylation is 2. The van der Waals surface area contributed by atoms with Crippen molar-refractivity contribution in [3.63, 3.8) is 0 Å². The largest absolute Gasteiger partial charge is 0.445 e. The maximum absolute atomic E-state index is 12.8.